The minimum atomic E-state index is 0.340. The normalized spacial score (nSPS) is 13.0. The summed E-state index contributed by atoms with van der Waals surface area (Å²) in [6, 6.07) is 11.9. The van der Waals surface area contributed by atoms with Crippen molar-refractivity contribution >= 4 is 0 Å². The smallest absolute Gasteiger partial charge is 0.231 e. The second-order valence-corrected chi connectivity index (χ2v) is 5.36. The molecule has 0 amide bonds. The molecule has 24 heavy (non-hydrogen) atoms. The first-order valence-electron chi connectivity index (χ1n) is 7.79. The van der Waals surface area contributed by atoms with Crippen LogP contribution in [-0.4, -0.2) is 13.6 Å². The second-order valence-electron chi connectivity index (χ2n) is 5.36. The van der Waals surface area contributed by atoms with Gasteiger partial charge in [-0.1, -0.05) is 24.3 Å². The van der Waals surface area contributed by atoms with Crippen molar-refractivity contribution in [2.75, 3.05) is 13.6 Å². The van der Waals surface area contributed by atoms with Crippen LogP contribution >= 0.6 is 0 Å². The molecule has 2 aromatic carbocycles. The van der Waals surface area contributed by atoms with Gasteiger partial charge in [-0.2, -0.15) is 0 Å². The van der Waals surface area contributed by atoms with Gasteiger partial charge in [-0.15, -0.1) is 13.2 Å². The highest BCUT2D eigenvalue weighted by Gasteiger charge is 2.13. The molecule has 2 aromatic rings. The van der Waals surface area contributed by atoms with E-state index in [2.05, 4.69) is 13.2 Å². The molecule has 0 saturated carbocycles. The summed E-state index contributed by atoms with van der Waals surface area (Å²) in [5, 5.41) is 0. The van der Waals surface area contributed by atoms with Crippen molar-refractivity contribution in [2.45, 2.75) is 12.8 Å². The Labute approximate surface area is 141 Å². The van der Waals surface area contributed by atoms with Crippen LogP contribution in [0.4, 0.5) is 0 Å². The lowest BCUT2D eigenvalue weighted by molar-refractivity contribution is 0.173. The van der Waals surface area contributed by atoms with E-state index in [0.29, 0.717) is 13.6 Å². The Bertz CT molecular complexity index is 673. The summed E-state index contributed by atoms with van der Waals surface area (Å²) >= 11 is 0. The summed E-state index contributed by atoms with van der Waals surface area (Å²) in [4.78, 5) is 0. The average Bonchev–Trinajstić information content (AvgIpc) is 3.24. The quantitative estimate of drug-likeness (QED) is 0.786. The molecule has 0 bridgehead atoms. The molecule has 0 atom stereocenters. The molecule has 0 saturated heterocycles. The molecule has 124 valence electrons. The van der Waals surface area contributed by atoms with Crippen LogP contribution in [-0.2, 0) is 12.8 Å². The first-order valence-corrected chi connectivity index (χ1v) is 7.79. The molecule has 0 spiro atoms. The molecule has 2 aliphatic rings. The van der Waals surface area contributed by atoms with Crippen LogP contribution in [0.1, 0.15) is 11.1 Å². The number of rotatable bonds is 4. The Morgan fingerprint density at radius 1 is 0.667 bits per heavy atom. The Morgan fingerprint density at radius 2 is 1.08 bits per heavy atom. The number of hydrogen-bond acceptors (Lipinski definition) is 4. The van der Waals surface area contributed by atoms with Gasteiger partial charge in [-0.3, -0.25) is 0 Å². The Kier molecular flexibility index (Phi) is 5.06. The Morgan fingerprint density at radius 3 is 1.50 bits per heavy atom. The van der Waals surface area contributed by atoms with Gasteiger partial charge in [0.15, 0.2) is 23.0 Å². The summed E-state index contributed by atoms with van der Waals surface area (Å²) in [5.74, 6) is 3.36. The van der Waals surface area contributed by atoms with Crippen LogP contribution in [0.5, 0.6) is 23.0 Å². The van der Waals surface area contributed by atoms with Gasteiger partial charge in [0.1, 0.15) is 0 Å². The topological polar surface area (TPSA) is 36.9 Å². The SMILES string of the molecule is C=CCc1ccc2c(c1)OCO2.C=CCc1ccc2c(c1)OCO2. The molecule has 4 rings (SSSR count). The van der Waals surface area contributed by atoms with E-state index in [9.17, 15) is 0 Å². The van der Waals surface area contributed by atoms with Crippen molar-refractivity contribution in [1.82, 2.24) is 0 Å². The van der Waals surface area contributed by atoms with E-state index in [1.807, 2.05) is 48.6 Å². The molecule has 2 aliphatic heterocycles. The third kappa shape index (κ3) is 3.71. The molecule has 0 N–H and O–H groups in total. The maximum absolute atomic E-state index is 5.23. The van der Waals surface area contributed by atoms with E-state index in [-0.39, 0.29) is 0 Å². The molecule has 0 radical (unpaired) electrons. The molecule has 4 heteroatoms. The van der Waals surface area contributed by atoms with Gasteiger partial charge in [-0.05, 0) is 48.2 Å². The van der Waals surface area contributed by atoms with E-state index in [4.69, 9.17) is 18.9 Å². The second kappa shape index (κ2) is 7.59. The van der Waals surface area contributed by atoms with Crippen LogP contribution in [0.25, 0.3) is 0 Å². The lowest BCUT2D eigenvalue weighted by Gasteiger charge is -1.98. The third-order valence-electron chi connectivity index (χ3n) is 3.63. The van der Waals surface area contributed by atoms with Crippen LogP contribution < -0.4 is 18.9 Å². The minimum Gasteiger partial charge on any atom is -0.454 e. The summed E-state index contributed by atoms with van der Waals surface area (Å²) in [6.07, 6.45) is 5.49. The van der Waals surface area contributed by atoms with E-state index in [1.165, 1.54) is 11.1 Å². The Hall–Kier alpha value is -2.88. The van der Waals surface area contributed by atoms with Gasteiger partial charge in [0.05, 0.1) is 0 Å². The first-order chi connectivity index (χ1) is 11.8. The van der Waals surface area contributed by atoms with Gasteiger partial charge in [-0.25, -0.2) is 0 Å². The number of allylic oxidation sites excluding steroid dienone is 2. The molecule has 0 unspecified atom stereocenters. The molecule has 0 aromatic heterocycles. The van der Waals surface area contributed by atoms with E-state index < -0.39 is 0 Å². The molecule has 4 nitrogen and oxygen atoms in total. The fourth-order valence-electron chi connectivity index (χ4n) is 2.47. The number of fused-ring (bicyclic) bond motifs is 2. The van der Waals surface area contributed by atoms with Crippen LogP contribution in [0.15, 0.2) is 61.7 Å². The van der Waals surface area contributed by atoms with Crippen LogP contribution in [0.2, 0.25) is 0 Å². The number of hydrogen-bond donors (Lipinski definition) is 0. The first kappa shape index (κ1) is 16.0. The van der Waals surface area contributed by atoms with E-state index in [1.54, 1.807) is 0 Å². The maximum Gasteiger partial charge on any atom is 0.231 e. The molecule has 2 heterocycles. The molecule has 0 fully saturated rings. The Balaban J connectivity index is 0.000000141. The lowest BCUT2D eigenvalue weighted by Crippen LogP contribution is -1.92. The van der Waals surface area contributed by atoms with Gasteiger partial charge in [0, 0.05) is 0 Å². The van der Waals surface area contributed by atoms with Gasteiger partial charge < -0.3 is 18.9 Å². The molecular weight excluding hydrogens is 304 g/mol. The fraction of sp³-hybridized carbons (Fsp3) is 0.200. The highest BCUT2D eigenvalue weighted by atomic mass is 16.7. The largest absolute Gasteiger partial charge is 0.454 e. The zero-order chi connectivity index (χ0) is 16.8. The van der Waals surface area contributed by atoms with Gasteiger partial charge >= 0.3 is 0 Å². The number of benzene rings is 2. The van der Waals surface area contributed by atoms with Gasteiger partial charge in [0.25, 0.3) is 0 Å². The third-order valence-corrected chi connectivity index (χ3v) is 3.63. The molecular formula is C20H20O4. The van der Waals surface area contributed by atoms with E-state index >= 15 is 0 Å². The predicted octanol–water partition coefficient (Wildman–Crippen LogP) is 4.29. The zero-order valence-electron chi connectivity index (χ0n) is 13.5. The standard InChI is InChI=1S/2C10H10O2/c2*1-2-3-8-4-5-9-10(6-8)12-7-11-9/h2*2,4-6H,1,3,7H2. The maximum atomic E-state index is 5.23. The molecule has 0 aliphatic carbocycles. The summed E-state index contributed by atoms with van der Waals surface area (Å²) in [5.41, 5.74) is 2.41. The lowest BCUT2D eigenvalue weighted by atomic mass is 10.1. The monoisotopic (exact) mass is 324 g/mol. The predicted molar refractivity (Wildman–Crippen MR) is 92.9 cm³/mol. The minimum absolute atomic E-state index is 0.340. The van der Waals surface area contributed by atoms with Crippen molar-refractivity contribution < 1.29 is 18.9 Å². The zero-order valence-corrected chi connectivity index (χ0v) is 13.5. The van der Waals surface area contributed by atoms with Gasteiger partial charge in [0.2, 0.25) is 13.6 Å². The van der Waals surface area contributed by atoms with Crippen molar-refractivity contribution in [3.63, 3.8) is 0 Å². The van der Waals surface area contributed by atoms with Crippen molar-refractivity contribution in [3.8, 4) is 23.0 Å². The van der Waals surface area contributed by atoms with Crippen LogP contribution in [0, 0.1) is 0 Å². The summed E-state index contributed by atoms with van der Waals surface area (Å²) < 4.78 is 20.8. The van der Waals surface area contributed by atoms with Crippen molar-refractivity contribution in [1.29, 1.82) is 0 Å². The summed E-state index contributed by atoms with van der Waals surface area (Å²) in [6.45, 7) is 8.04. The van der Waals surface area contributed by atoms with Crippen LogP contribution in [0.3, 0.4) is 0 Å². The van der Waals surface area contributed by atoms with Crippen molar-refractivity contribution in [2.24, 2.45) is 0 Å². The highest BCUT2D eigenvalue weighted by Crippen LogP contribution is 2.33. The van der Waals surface area contributed by atoms with E-state index in [0.717, 1.165) is 35.8 Å². The summed E-state index contributed by atoms with van der Waals surface area (Å²) in [7, 11) is 0. The average molecular weight is 324 g/mol. The van der Waals surface area contributed by atoms with Crippen molar-refractivity contribution in [3.05, 3.63) is 72.8 Å². The fourth-order valence-corrected chi connectivity index (χ4v) is 2.47. The highest BCUT2D eigenvalue weighted by molar-refractivity contribution is 5.45. The number of ether oxygens (including phenoxy) is 4.